The lowest BCUT2D eigenvalue weighted by atomic mass is 10.1. The summed E-state index contributed by atoms with van der Waals surface area (Å²) in [7, 11) is 0. The fraction of sp³-hybridized carbons (Fsp3) is 0.227. The number of fused-ring (bicyclic) bond motifs is 1. The van der Waals surface area contributed by atoms with Crippen LogP contribution in [0.15, 0.2) is 63.8 Å². The van der Waals surface area contributed by atoms with Crippen LogP contribution < -0.4 is 16.3 Å². The maximum atomic E-state index is 12.3. The van der Waals surface area contributed by atoms with Crippen LogP contribution in [0.1, 0.15) is 25.0 Å². The van der Waals surface area contributed by atoms with E-state index in [2.05, 4.69) is 10.6 Å². The number of carbonyl (C=O) groups is 2. The molecule has 0 radical (unpaired) electrons. The average Bonchev–Trinajstić information content (AvgIpc) is 2.71. The number of nitrogens with one attached hydrogen (secondary N) is 2. The molecule has 1 atom stereocenters. The van der Waals surface area contributed by atoms with Crippen LogP contribution in [0.2, 0.25) is 0 Å². The Labute approximate surface area is 167 Å². The second-order valence-corrected chi connectivity index (χ2v) is 6.57. The minimum Gasteiger partial charge on any atom is -0.459 e. The second kappa shape index (κ2) is 9.05. The number of urea groups is 1. The van der Waals surface area contributed by atoms with Crippen LogP contribution in [0.3, 0.4) is 0 Å². The summed E-state index contributed by atoms with van der Waals surface area (Å²) in [5, 5.41) is 5.86. The third-order valence-corrected chi connectivity index (χ3v) is 4.41. The number of carbonyl (C=O) groups excluding carboxylic acids is 2. The van der Waals surface area contributed by atoms with Gasteiger partial charge < -0.3 is 19.8 Å². The van der Waals surface area contributed by atoms with E-state index in [-0.39, 0.29) is 6.61 Å². The second-order valence-electron chi connectivity index (χ2n) is 6.57. The molecule has 0 aliphatic heterocycles. The molecule has 0 unspecified atom stereocenters. The van der Waals surface area contributed by atoms with E-state index in [1.54, 1.807) is 30.3 Å². The van der Waals surface area contributed by atoms with Gasteiger partial charge in [-0.3, -0.25) is 0 Å². The van der Waals surface area contributed by atoms with Gasteiger partial charge in [-0.25, -0.2) is 14.4 Å². The van der Waals surface area contributed by atoms with Crippen molar-refractivity contribution in [2.45, 2.75) is 32.9 Å². The van der Waals surface area contributed by atoms with E-state index in [4.69, 9.17) is 9.15 Å². The molecule has 0 bridgehead atoms. The predicted octanol–water partition coefficient (Wildman–Crippen LogP) is 3.61. The number of anilines is 1. The molecule has 0 saturated heterocycles. The first-order valence-electron chi connectivity index (χ1n) is 9.31. The van der Waals surface area contributed by atoms with Crippen molar-refractivity contribution in [1.82, 2.24) is 5.32 Å². The molecule has 2 aromatic carbocycles. The zero-order chi connectivity index (χ0) is 20.8. The summed E-state index contributed by atoms with van der Waals surface area (Å²) >= 11 is 0. The van der Waals surface area contributed by atoms with Crippen LogP contribution in [0.5, 0.6) is 0 Å². The predicted molar refractivity (Wildman–Crippen MR) is 110 cm³/mol. The SMILES string of the molecule is CCc1ccc2c(COC(=O)[C@H](C)NC(=O)Nc3ccccc3)cc(=O)oc2c1. The summed E-state index contributed by atoms with van der Waals surface area (Å²) in [5.74, 6) is -0.611. The van der Waals surface area contributed by atoms with Crippen LogP contribution in [-0.2, 0) is 22.6 Å². The van der Waals surface area contributed by atoms with E-state index >= 15 is 0 Å². The van der Waals surface area contributed by atoms with Crippen LogP contribution in [0, 0.1) is 0 Å². The Balaban J connectivity index is 1.62. The maximum absolute atomic E-state index is 12.3. The van der Waals surface area contributed by atoms with Crippen LogP contribution in [0.25, 0.3) is 11.0 Å². The Hall–Kier alpha value is -3.61. The van der Waals surface area contributed by atoms with E-state index in [0.29, 0.717) is 22.2 Å². The van der Waals surface area contributed by atoms with Crippen LogP contribution in [0.4, 0.5) is 10.5 Å². The van der Waals surface area contributed by atoms with Gasteiger partial charge in [-0.15, -0.1) is 0 Å². The van der Waals surface area contributed by atoms with E-state index in [1.165, 1.54) is 13.0 Å². The fourth-order valence-electron chi connectivity index (χ4n) is 2.83. The van der Waals surface area contributed by atoms with E-state index in [9.17, 15) is 14.4 Å². The van der Waals surface area contributed by atoms with Crippen LogP contribution >= 0.6 is 0 Å². The molecular formula is C22H22N2O5. The normalized spacial score (nSPS) is 11.7. The first kappa shape index (κ1) is 20.1. The lowest BCUT2D eigenvalue weighted by molar-refractivity contribution is -0.146. The lowest BCUT2D eigenvalue weighted by Crippen LogP contribution is -2.41. The van der Waals surface area contributed by atoms with Crippen molar-refractivity contribution in [2.75, 3.05) is 5.32 Å². The van der Waals surface area contributed by atoms with Gasteiger partial charge in [0.05, 0.1) is 0 Å². The van der Waals surface area contributed by atoms with Crippen LogP contribution in [-0.4, -0.2) is 18.0 Å². The van der Waals surface area contributed by atoms with E-state index in [1.807, 2.05) is 25.1 Å². The molecule has 7 heteroatoms. The standard InChI is InChI=1S/C22H22N2O5/c1-3-15-9-10-18-16(12-20(25)29-19(18)11-15)13-28-21(26)14(2)23-22(27)24-17-7-5-4-6-8-17/h4-12,14H,3,13H2,1-2H3,(H2,23,24,27)/t14-/m0/s1. The van der Waals surface area contributed by atoms with Gasteiger partial charge in [0.15, 0.2) is 0 Å². The molecule has 0 aliphatic carbocycles. The van der Waals surface area contributed by atoms with Gasteiger partial charge in [0.2, 0.25) is 0 Å². The number of hydrogen-bond acceptors (Lipinski definition) is 5. The highest BCUT2D eigenvalue weighted by Crippen LogP contribution is 2.20. The van der Waals surface area contributed by atoms with Crippen molar-refractivity contribution in [3.05, 3.63) is 76.1 Å². The number of benzene rings is 2. The summed E-state index contributed by atoms with van der Waals surface area (Å²) in [6, 6.07) is 14.4. The number of amides is 2. The van der Waals surface area contributed by atoms with Crippen molar-refractivity contribution < 1.29 is 18.7 Å². The van der Waals surface area contributed by atoms with Gasteiger partial charge in [-0.1, -0.05) is 37.3 Å². The van der Waals surface area contributed by atoms with Gasteiger partial charge in [-0.05, 0) is 37.1 Å². The highest BCUT2D eigenvalue weighted by atomic mass is 16.5. The summed E-state index contributed by atoms with van der Waals surface area (Å²) < 4.78 is 10.5. The zero-order valence-electron chi connectivity index (χ0n) is 16.2. The third-order valence-electron chi connectivity index (χ3n) is 4.41. The van der Waals surface area contributed by atoms with Crippen molar-refractivity contribution in [2.24, 2.45) is 0 Å². The van der Waals surface area contributed by atoms with Crippen molar-refractivity contribution in [3.8, 4) is 0 Å². The maximum Gasteiger partial charge on any atom is 0.336 e. The quantitative estimate of drug-likeness (QED) is 0.492. The third kappa shape index (κ3) is 5.22. The zero-order valence-corrected chi connectivity index (χ0v) is 16.2. The Bertz CT molecular complexity index is 1080. The first-order valence-corrected chi connectivity index (χ1v) is 9.31. The minimum absolute atomic E-state index is 0.0985. The molecular weight excluding hydrogens is 372 g/mol. The van der Waals surface area contributed by atoms with Gasteiger partial charge in [0, 0.05) is 22.7 Å². The smallest absolute Gasteiger partial charge is 0.336 e. The Morgan fingerprint density at radius 3 is 2.59 bits per heavy atom. The summed E-state index contributed by atoms with van der Waals surface area (Å²) in [5.41, 5.74) is 2.14. The Morgan fingerprint density at radius 2 is 1.86 bits per heavy atom. The van der Waals surface area contributed by atoms with E-state index < -0.39 is 23.7 Å². The molecule has 1 aromatic heterocycles. The fourth-order valence-corrected chi connectivity index (χ4v) is 2.83. The molecule has 2 amide bonds. The molecule has 0 aliphatic rings. The molecule has 7 nitrogen and oxygen atoms in total. The number of aryl methyl sites for hydroxylation is 1. The molecule has 29 heavy (non-hydrogen) atoms. The molecule has 0 fully saturated rings. The Kier molecular flexibility index (Phi) is 6.29. The molecule has 3 aromatic rings. The number of ether oxygens (including phenoxy) is 1. The first-order chi connectivity index (χ1) is 14.0. The largest absolute Gasteiger partial charge is 0.459 e. The number of rotatable bonds is 6. The topological polar surface area (TPSA) is 97.6 Å². The number of hydrogen-bond donors (Lipinski definition) is 2. The van der Waals surface area contributed by atoms with E-state index in [0.717, 1.165) is 12.0 Å². The molecule has 2 N–H and O–H groups in total. The highest BCUT2D eigenvalue weighted by Gasteiger charge is 2.18. The summed E-state index contributed by atoms with van der Waals surface area (Å²) in [6.07, 6.45) is 0.813. The lowest BCUT2D eigenvalue weighted by Gasteiger charge is -2.14. The minimum atomic E-state index is -0.864. The molecule has 3 rings (SSSR count). The van der Waals surface area contributed by atoms with Gasteiger partial charge in [0.25, 0.3) is 0 Å². The number of esters is 1. The van der Waals surface area contributed by atoms with Crippen molar-refractivity contribution >= 4 is 28.7 Å². The van der Waals surface area contributed by atoms with Gasteiger partial charge in [0.1, 0.15) is 18.2 Å². The van der Waals surface area contributed by atoms with Gasteiger partial charge >= 0.3 is 17.6 Å². The van der Waals surface area contributed by atoms with Crippen molar-refractivity contribution in [1.29, 1.82) is 0 Å². The summed E-state index contributed by atoms with van der Waals surface area (Å²) in [6.45, 7) is 3.43. The highest BCUT2D eigenvalue weighted by molar-refractivity contribution is 5.92. The monoisotopic (exact) mass is 394 g/mol. The Morgan fingerprint density at radius 1 is 1.10 bits per heavy atom. The molecule has 150 valence electrons. The number of para-hydroxylation sites is 1. The van der Waals surface area contributed by atoms with Gasteiger partial charge in [-0.2, -0.15) is 0 Å². The summed E-state index contributed by atoms with van der Waals surface area (Å²) in [4.78, 5) is 36.1. The molecule has 0 spiro atoms. The molecule has 1 heterocycles. The average molecular weight is 394 g/mol. The molecule has 0 saturated carbocycles. The van der Waals surface area contributed by atoms with Crippen molar-refractivity contribution in [3.63, 3.8) is 0 Å².